The summed E-state index contributed by atoms with van der Waals surface area (Å²) in [7, 11) is 0. The number of hydrogen-bond donors (Lipinski definition) is 0. The average molecular weight is 533 g/mol. The van der Waals surface area contributed by atoms with Crippen LogP contribution in [0.3, 0.4) is 0 Å². The summed E-state index contributed by atoms with van der Waals surface area (Å²) in [6.45, 7) is 28.5. The van der Waals surface area contributed by atoms with Gasteiger partial charge in [0.2, 0.25) is 0 Å². The molecule has 0 amide bonds. The molecule has 4 rings (SSSR count). The molecule has 0 N–H and O–H groups in total. The highest BCUT2D eigenvalue weighted by atomic mass is 14.5. The van der Waals surface area contributed by atoms with Crippen LogP contribution in [-0.2, 0) is 27.1 Å². The molecule has 1 aliphatic rings. The Morgan fingerprint density at radius 3 is 1.32 bits per heavy atom. The molecule has 0 heterocycles. The van der Waals surface area contributed by atoms with Crippen molar-refractivity contribution >= 4 is 0 Å². The van der Waals surface area contributed by atoms with Gasteiger partial charge in [-0.2, -0.15) is 0 Å². The van der Waals surface area contributed by atoms with Crippen molar-refractivity contribution in [3.8, 4) is 0 Å². The van der Waals surface area contributed by atoms with Gasteiger partial charge in [0, 0.05) is 11.3 Å². The number of benzene rings is 3. The maximum Gasteiger partial charge on any atom is 0.0494 e. The van der Waals surface area contributed by atoms with E-state index in [1.165, 1.54) is 38.9 Å². The van der Waals surface area contributed by atoms with Crippen LogP contribution in [-0.4, -0.2) is 0 Å². The summed E-state index contributed by atoms with van der Waals surface area (Å²) in [5.41, 5.74) is 9.64. The van der Waals surface area contributed by atoms with E-state index in [1.54, 1.807) is 0 Å². The maximum atomic E-state index is 2.53. The Morgan fingerprint density at radius 1 is 0.475 bits per heavy atom. The molecule has 2 unspecified atom stereocenters. The molecular formula is C40H52. The van der Waals surface area contributed by atoms with Gasteiger partial charge < -0.3 is 0 Å². The van der Waals surface area contributed by atoms with Crippen molar-refractivity contribution in [1.82, 2.24) is 0 Å². The third-order valence-electron chi connectivity index (χ3n) is 8.64. The van der Waals surface area contributed by atoms with Crippen molar-refractivity contribution in [2.45, 2.75) is 116 Å². The average Bonchev–Trinajstić information content (AvgIpc) is 2.86. The van der Waals surface area contributed by atoms with Gasteiger partial charge in [0.1, 0.15) is 0 Å². The van der Waals surface area contributed by atoms with Crippen molar-refractivity contribution in [3.05, 3.63) is 130 Å². The predicted octanol–water partition coefficient (Wildman–Crippen LogP) is 11.1. The summed E-state index contributed by atoms with van der Waals surface area (Å²) in [4.78, 5) is 0. The SMILES string of the molecule is CC(C)(C)c1cccc(C(C)(C)C)c1C1C=CC=CC1(c1ccccc1)c1c(C(C)(C)C)cccc1C(C)(C)C. The molecule has 3 aromatic rings. The van der Waals surface area contributed by atoms with Crippen LogP contribution in [0, 0.1) is 0 Å². The molecule has 0 spiro atoms. The molecule has 1 aliphatic carbocycles. The van der Waals surface area contributed by atoms with E-state index in [0.717, 1.165) is 0 Å². The van der Waals surface area contributed by atoms with E-state index in [9.17, 15) is 0 Å². The van der Waals surface area contributed by atoms with Crippen molar-refractivity contribution in [1.29, 1.82) is 0 Å². The van der Waals surface area contributed by atoms with Gasteiger partial charge in [-0.15, -0.1) is 0 Å². The number of hydrogen-bond acceptors (Lipinski definition) is 0. The molecule has 0 saturated heterocycles. The summed E-state index contributed by atoms with van der Waals surface area (Å²) in [5.74, 6) is 0.133. The van der Waals surface area contributed by atoms with Crippen LogP contribution in [0.15, 0.2) is 91.0 Å². The van der Waals surface area contributed by atoms with Crippen LogP contribution in [0.25, 0.3) is 0 Å². The van der Waals surface area contributed by atoms with Gasteiger partial charge in [-0.25, -0.2) is 0 Å². The molecular weight excluding hydrogens is 480 g/mol. The summed E-state index contributed by atoms with van der Waals surface area (Å²) < 4.78 is 0. The molecule has 0 aliphatic heterocycles. The Balaban J connectivity index is 2.29. The van der Waals surface area contributed by atoms with E-state index >= 15 is 0 Å². The fourth-order valence-electron chi connectivity index (χ4n) is 6.79. The zero-order chi connectivity index (χ0) is 29.7. The first kappa shape index (κ1) is 30.1. The highest BCUT2D eigenvalue weighted by Crippen LogP contribution is 2.56. The lowest BCUT2D eigenvalue weighted by atomic mass is 9.55. The Bertz CT molecular complexity index is 1340. The van der Waals surface area contributed by atoms with Crippen LogP contribution in [0.5, 0.6) is 0 Å². The fraction of sp³-hybridized carbons (Fsp3) is 0.450. The lowest BCUT2D eigenvalue weighted by Gasteiger charge is -2.48. The molecule has 0 nitrogen and oxygen atoms in total. The lowest BCUT2D eigenvalue weighted by molar-refractivity contribution is 0.474. The molecule has 0 fully saturated rings. The van der Waals surface area contributed by atoms with Crippen LogP contribution < -0.4 is 0 Å². The molecule has 0 radical (unpaired) electrons. The number of allylic oxidation sites excluding steroid dienone is 4. The zero-order valence-corrected chi connectivity index (χ0v) is 27.2. The van der Waals surface area contributed by atoms with E-state index in [-0.39, 0.29) is 33.0 Å². The number of rotatable bonds is 3. The molecule has 0 heteroatoms. The second-order valence-corrected chi connectivity index (χ2v) is 16.0. The quantitative estimate of drug-likeness (QED) is 0.315. The second-order valence-electron chi connectivity index (χ2n) is 16.0. The Morgan fingerprint density at radius 2 is 0.900 bits per heavy atom. The highest BCUT2D eigenvalue weighted by molar-refractivity contribution is 5.63. The third-order valence-corrected chi connectivity index (χ3v) is 8.64. The topological polar surface area (TPSA) is 0 Å². The standard InChI is InChI=1S/C40H52/c1-36(2,3)29-23-18-24-30(37(4,5)6)34(29)31-22-16-17-27-40(31,28-20-14-13-15-21-28)35-32(38(7,8)9)25-19-26-33(35)39(10,11)12/h13-27,31H,1-12H3. The van der Waals surface area contributed by atoms with E-state index < -0.39 is 0 Å². The minimum absolute atomic E-state index is 0.00439. The normalized spacial score (nSPS) is 20.1. The smallest absolute Gasteiger partial charge is 0.0494 e. The Labute approximate surface area is 245 Å². The largest absolute Gasteiger partial charge is 0.0755 e. The summed E-state index contributed by atoms with van der Waals surface area (Å²) >= 11 is 0. The van der Waals surface area contributed by atoms with Crippen LogP contribution in [0.2, 0.25) is 0 Å². The highest BCUT2D eigenvalue weighted by Gasteiger charge is 2.48. The molecule has 0 bridgehead atoms. The minimum atomic E-state index is -0.371. The van der Waals surface area contributed by atoms with Gasteiger partial charge in [-0.05, 0) is 60.6 Å². The summed E-state index contributed by atoms with van der Waals surface area (Å²) in [6, 6.07) is 25.4. The van der Waals surface area contributed by atoms with Gasteiger partial charge in [0.15, 0.2) is 0 Å². The second kappa shape index (κ2) is 10.2. The van der Waals surface area contributed by atoms with Crippen molar-refractivity contribution in [2.24, 2.45) is 0 Å². The van der Waals surface area contributed by atoms with E-state index in [4.69, 9.17) is 0 Å². The molecule has 212 valence electrons. The first-order chi connectivity index (χ1) is 18.4. The van der Waals surface area contributed by atoms with E-state index in [2.05, 4.69) is 174 Å². The van der Waals surface area contributed by atoms with Gasteiger partial charge in [0.05, 0.1) is 0 Å². The summed E-state index contributed by atoms with van der Waals surface area (Å²) in [6.07, 6.45) is 9.61. The van der Waals surface area contributed by atoms with Crippen LogP contribution >= 0.6 is 0 Å². The van der Waals surface area contributed by atoms with Gasteiger partial charge >= 0.3 is 0 Å². The van der Waals surface area contributed by atoms with Gasteiger partial charge in [-0.3, -0.25) is 0 Å². The van der Waals surface area contributed by atoms with E-state index in [0.29, 0.717) is 0 Å². The molecule has 40 heavy (non-hydrogen) atoms. The Kier molecular flexibility index (Phi) is 7.68. The molecule has 0 aromatic heterocycles. The molecule has 3 aromatic carbocycles. The van der Waals surface area contributed by atoms with Gasteiger partial charge in [0.25, 0.3) is 0 Å². The predicted molar refractivity (Wildman–Crippen MR) is 176 cm³/mol. The van der Waals surface area contributed by atoms with Crippen molar-refractivity contribution < 1.29 is 0 Å². The first-order valence-electron chi connectivity index (χ1n) is 15.1. The van der Waals surface area contributed by atoms with Gasteiger partial charge in [-0.1, -0.05) is 174 Å². The maximum absolute atomic E-state index is 2.53. The molecule has 0 saturated carbocycles. The minimum Gasteiger partial charge on any atom is -0.0755 e. The van der Waals surface area contributed by atoms with Crippen LogP contribution in [0.1, 0.15) is 128 Å². The Hall–Kier alpha value is -2.86. The molecule has 2 atom stereocenters. The third kappa shape index (κ3) is 5.39. The van der Waals surface area contributed by atoms with E-state index in [1.807, 2.05) is 0 Å². The van der Waals surface area contributed by atoms with Crippen molar-refractivity contribution in [3.63, 3.8) is 0 Å². The zero-order valence-electron chi connectivity index (χ0n) is 27.2. The first-order valence-corrected chi connectivity index (χ1v) is 15.1. The van der Waals surface area contributed by atoms with Crippen LogP contribution in [0.4, 0.5) is 0 Å². The lowest BCUT2D eigenvalue weighted by Crippen LogP contribution is -2.40. The monoisotopic (exact) mass is 532 g/mol. The van der Waals surface area contributed by atoms with Crippen molar-refractivity contribution in [2.75, 3.05) is 0 Å². The fourth-order valence-corrected chi connectivity index (χ4v) is 6.79. The summed E-state index contributed by atoms with van der Waals surface area (Å²) in [5, 5.41) is 0.